The van der Waals surface area contributed by atoms with Gasteiger partial charge in [0, 0.05) is 11.9 Å². The Kier molecular flexibility index (Phi) is 3.90. The van der Waals surface area contributed by atoms with Gasteiger partial charge in [0.1, 0.15) is 11.5 Å². The number of hydrogen-bond acceptors (Lipinski definition) is 2. The quantitative estimate of drug-likeness (QED) is 0.544. The topological polar surface area (TPSA) is 45.2 Å². The Balaban J connectivity index is 1.58. The lowest BCUT2D eigenvalue weighted by Gasteiger charge is -2.05. The van der Waals surface area contributed by atoms with E-state index in [2.05, 4.69) is 41.4 Å². The highest BCUT2D eigenvalue weighted by atomic mass is 16.5. The third-order valence-electron chi connectivity index (χ3n) is 4.44. The van der Waals surface area contributed by atoms with Crippen LogP contribution in [0.4, 0.5) is 0 Å². The number of aromatic nitrogens is 1. The zero-order valence-corrected chi connectivity index (χ0v) is 14.0. The second-order valence-electron chi connectivity index (χ2n) is 6.19. The number of hydrogen-bond donors (Lipinski definition) is 2. The number of phenolic OH excluding ortho intramolecular Hbond substituents is 1. The molecule has 124 valence electrons. The fourth-order valence-corrected chi connectivity index (χ4v) is 3.09. The van der Waals surface area contributed by atoms with Gasteiger partial charge in [-0.05, 0) is 76.3 Å². The van der Waals surface area contributed by atoms with E-state index in [-0.39, 0.29) is 5.75 Å². The van der Waals surface area contributed by atoms with Crippen molar-refractivity contribution in [2.45, 2.75) is 6.42 Å². The van der Waals surface area contributed by atoms with Crippen LogP contribution in [0.3, 0.4) is 0 Å². The first-order chi connectivity index (χ1) is 12.2. The molecule has 0 fully saturated rings. The van der Waals surface area contributed by atoms with Gasteiger partial charge >= 0.3 is 0 Å². The van der Waals surface area contributed by atoms with Crippen molar-refractivity contribution in [2.75, 3.05) is 7.11 Å². The van der Waals surface area contributed by atoms with Gasteiger partial charge < -0.3 is 14.8 Å². The Hall–Kier alpha value is -3.20. The second-order valence-corrected chi connectivity index (χ2v) is 6.19. The molecule has 0 amide bonds. The fourth-order valence-electron chi connectivity index (χ4n) is 3.09. The standard InChI is InChI=1S/C22H19NO2/c1-25-21-9-6-18-11-15(2-3-19(18)13-21)10-16-12-22(23-14-16)17-4-7-20(24)8-5-17/h2-9,11-14,23-24H,10H2,1H3. The summed E-state index contributed by atoms with van der Waals surface area (Å²) in [5, 5.41) is 11.8. The Morgan fingerprint density at radius 2 is 1.60 bits per heavy atom. The molecule has 1 aromatic heterocycles. The van der Waals surface area contributed by atoms with Crippen LogP contribution in [-0.2, 0) is 6.42 Å². The summed E-state index contributed by atoms with van der Waals surface area (Å²) >= 11 is 0. The molecule has 4 aromatic rings. The lowest BCUT2D eigenvalue weighted by molar-refractivity contribution is 0.415. The van der Waals surface area contributed by atoms with Crippen LogP contribution in [0.15, 0.2) is 72.9 Å². The molecule has 1 heterocycles. The van der Waals surface area contributed by atoms with Crippen LogP contribution in [0.2, 0.25) is 0 Å². The highest BCUT2D eigenvalue weighted by molar-refractivity contribution is 5.84. The zero-order valence-electron chi connectivity index (χ0n) is 14.0. The number of aromatic amines is 1. The number of benzene rings is 3. The summed E-state index contributed by atoms with van der Waals surface area (Å²) in [5.41, 5.74) is 4.63. The van der Waals surface area contributed by atoms with E-state index >= 15 is 0 Å². The first-order valence-corrected chi connectivity index (χ1v) is 8.25. The summed E-state index contributed by atoms with van der Waals surface area (Å²) in [5.74, 6) is 1.16. The van der Waals surface area contributed by atoms with E-state index in [0.29, 0.717) is 0 Å². The molecule has 0 unspecified atom stereocenters. The predicted molar refractivity (Wildman–Crippen MR) is 101 cm³/mol. The molecule has 0 bridgehead atoms. The molecule has 0 radical (unpaired) electrons. The van der Waals surface area contributed by atoms with Crippen molar-refractivity contribution in [3.8, 4) is 22.8 Å². The van der Waals surface area contributed by atoms with Crippen molar-refractivity contribution >= 4 is 10.8 Å². The van der Waals surface area contributed by atoms with Crippen LogP contribution >= 0.6 is 0 Å². The summed E-state index contributed by atoms with van der Waals surface area (Å²) in [6.45, 7) is 0. The summed E-state index contributed by atoms with van der Waals surface area (Å²) < 4.78 is 5.28. The Morgan fingerprint density at radius 1 is 0.840 bits per heavy atom. The van der Waals surface area contributed by atoms with Crippen molar-refractivity contribution in [2.24, 2.45) is 0 Å². The molecular formula is C22H19NO2. The molecule has 0 spiro atoms. The minimum absolute atomic E-state index is 0.281. The van der Waals surface area contributed by atoms with Gasteiger partial charge in [-0.2, -0.15) is 0 Å². The van der Waals surface area contributed by atoms with Gasteiger partial charge in [0.25, 0.3) is 0 Å². The van der Waals surface area contributed by atoms with Gasteiger partial charge in [-0.15, -0.1) is 0 Å². The number of ether oxygens (including phenoxy) is 1. The molecule has 0 aliphatic carbocycles. The van der Waals surface area contributed by atoms with Crippen molar-refractivity contribution < 1.29 is 9.84 Å². The van der Waals surface area contributed by atoms with E-state index in [1.807, 2.05) is 24.4 Å². The summed E-state index contributed by atoms with van der Waals surface area (Å²) in [6, 6.07) is 22.0. The van der Waals surface area contributed by atoms with Crippen LogP contribution in [0.5, 0.6) is 11.5 Å². The predicted octanol–water partition coefficient (Wildman–Crippen LogP) is 5.14. The third-order valence-corrected chi connectivity index (χ3v) is 4.44. The number of rotatable bonds is 4. The molecule has 0 aliphatic rings. The van der Waals surface area contributed by atoms with Crippen molar-refractivity contribution in [3.05, 3.63) is 84.1 Å². The highest BCUT2D eigenvalue weighted by Gasteiger charge is 2.05. The minimum Gasteiger partial charge on any atom is -0.508 e. The van der Waals surface area contributed by atoms with Crippen molar-refractivity contribution in [1.82, 2.24) is 4.98 Å². The molecule has 0 atom stereocenters. The van der Waals surface area contributed by atoms with E-state index in [4.69, 9.17) is 4.74 Å². The molecule has 0 saturated carbocycles. The monoisotopic (exact) mass is 329 g/mol. The lowest BCUT2D eigenvalue weighted by Crippen LogP contribution is -1.87. The minimum atomic E-state index is 0.281. The van der Waals surface area contributed by atoms with Gasteiger partial charge in [-0.1, -0.05) is 24.3 Å². The van der Waals surface area contributed by atoms with Gasteiger partial charge in [0.05, 0.1) is 7.11 Å². The average Bonchev–Trinajstić information content (AvgIpc) is 3.10. The van der Waals surface area contributed by atoms with E-state index in [1.54, 1.807) is 19.2 Å². The van der Waals surface area contributed by atoms with E-state index in [0.717, 1.165) is 23.4 Å². The zero-order chi connectivity index (χ0) is 17.2. The summed E-state index contributed by atoms with van der Waals surface area (Å²) in [6.07, 6.45) is 2.91. The van der Waals surface area contributed by atoms with E-state index in [9.17, 15) is 5.11 Å². The van der Waals surface area contributed by atoms with E-state index < -0.39 is 0 Å². The number of nitrogens with one attached hydrogen (secondary N) is 1. The maximum Gasteiger partial charge on any atom is 0.119 e. The number of fused-ring (bicyclic) bond motifs is 1. The normalized spacial score (nSPS) is 10.9. The SMILES string of the molecule is COc1ccc2cc(Cc3c[nH]c(-c4ccc(O)cc4)c3)ccc2c1. The molecule has 2 N–H and O–H groups in total. The molecule has 0 saturated heterocycles. The van der Waals surface area contributed by atoms with Crippen LogP contribution < -0.4 is 4.74 Å². The molecule has 4 rings (SSSR count). The van der Waals surface area contributed by atoms with Gasteiger partial charge in [0.2, 0.25) is 0 Å². The highest BCUT2D eigenvalue weighted by Crippen LogP contribution is 2.25. The fraction of sp³-hybridized carbons (Fsp3) is 0.0909. The number of aromatic hydroxyl groups is 1. The van der Waals surface area contributed by atoms with Crippen LogP contribution in [0.25, 0.3) is 22.0 Å². The first kappa shape index (κ1) is 15.3. The van der Waals surface area contributed by atoms with Crippen LogP contribution in [0.1, 0.15) is 11.1 Å². The van der Waals surface area contributed by atoms with Gasteiger partial charge in [-0.25, -0.2) is 0 Å². The molecule has 3 nitrogen and oxygen atoms in total. The molecular weight excluding hydrogens is 310 g/mol. The maximum atomic E-state index is 9.41. The number of phenols is 1. The first-order valence-electron chi connectivity index (χ1n) is 8.25. The van der Waals surface area contributed by atoms with E-state index in [1.165, 1.54) is 21.9 Å². The van der Waals surface area contributed by atoms with Crippen LogP contribution in [0, 0.1) is 0 Å². The Morgan fingerprint density at radius 3 is 2.40 bits per heavy atom. The van der Waals surface area contributed by atoms with Crippen LogP contribution in [-0.4, -0.2) is 17.2 Å². The molecule has 25 heavy (non-hydrogen) atoms. The molecule has 3 aromatic carbocycles. The van der Waals surface area contributed by atoms with Crippen molar-refractivity contribution in [1.29, 1.82) is 0 Å². The maximum absolute atomic E-state index is 9.41. The Labute approximate surface area is 146 Å². The van der Waals surface area contributed by atoms with Gasteiger partial charge in [-0.3, -0.25) is 0 Å². The van der Waals surface area contributed by atoms with Gasteiger partial charge in [0.15, 0.2) is 0 Å². The lowest BCUT2D eigenvalue weighted by atomic mass is 10.0. The largest absolute Gasteiger partial charge is 0.508 e. The summed E-state index contributed by atoms with van der Waals surface area (Å²) in [4.78, 5) is 3.32. The second kappa shape index (κ2) is 6.36. The van der Waals surface area contributed by atoms with Crippen molar-refractivity contribution in [3.63, 3.8) is 0 Å². The Bertz CT molecular complexity index is 1020. The summed E-state index contributed by atoms with van der Waals surface area (Å²) in [7, 11) is 1.69. The number of methoxy groups -OCH3 is 1. The average molecular weight is 329 g/mol. The smallest absolute Gasteiger partial charge is 0.119 e. The molecule has 0 aliphatic heterocycles. The third kappa shape index (κ3) is 3.22. The number of H-pyrrole nitrogens is 1. The molecule has 3 heteroatoms.